The van der Waals surface area contributed by atoms with Crippen LogP contribution in [0.15, 0.2) is 48.7 Å². The molecule has 0 saturated carbocycles. The number of hydrogen-bond acceptors (Lipinski definition) is 4. The third-order valence-electron chi connectivity index (χ3n) is 5.64. The van der Waals surface area contributed by atoms with Gasteiger partial charge in [-0.1, -0.05) is 36.4 Å². The van der Waals surface area contributed by atoms with Crippen molar-refractivity contribution in [1.82, 2.24) is 13.7 Å². The van der Waals surface area contributed by atoms with Gasteiger partial charge >= 0.3 is 0 Å². The SMILES string of the molecule is CCS(=O)(=O)N1CCC(C(=O)Nc2c(-c3ccccc3)nc3ccc(C)cn23)CC1. The van der Waals surface area contributed by atoms with Crippen molar-refractivity contribution in [3.63, 3.8) is 0 Å². The highest BCUT2D eigenvalue weighted by atomic mass is 32.2. The molecule has 3 heterocycles. The third kappa shape index (κ3) is 3.97. The number of rotatable bonds is 5. The van der Waals surface area contributed by atoms with E-state index >= 15 is 0 Å². The van der Waals surface area contributed by atoms with Gasteiger partial charge in [-0.05, 0) is 38.3 Å². The molecule has 158 valence electrons. The Hall–Kier alpha value is -2.71. The third-order valence-corrected chi connectivity index (χ3v) is 7.52. The number of piperidine rings is 1. The van der Waals surface area contributed by atoms with Crippen molar-refractivity contribution in [2.24, 2.45) is 5.92 Å². The van der Waals surface area contributed by atoms with Crippen LogP contribution in [0.25, 0.3) is 16.9 Å². The molecule has 0 atom stereocenters. The molecular weight excluding hydrogens is 400 g/mol. The number of amides is 1. The number of carbonyl (C=O) groups excluding carboxylic acids is 1. The number of anilines is 1. The van der Waals surface area contributed by atoms with Crippen LogP contribution in [-0.2, 0) is 14.8 Å². The Balaban J connectivity index is 1.61. The van der Waals surface area contributed by atoms with Crippen LogP contribution in [0.3, 0.4) is 0 Å². The van der Waals surface area contributed by atoms with E-state index in [0.717, 1.165) is 22.5 Å². The smallest absolute Gasteiger partial charge is 0.228 e. The Kier molecular flexibility index (Phi) is 5.62. The van der Waals surface area contributed by atoms with Crippen LogP contribution >= 0.6 is 0 Å². The van der Waals surface area contributed by atoms with Crippen molar-refractivity contribution >= 4 is 27.4 Å². The monoisotopic (exact) mass is 426 g/mol. The van der Waals surface area contributed by atoms with Gasteiger partial charge in [0.15, 0.2) is 0 Å². The zero-order chi connectivity index (χ0) is 21.3. The second kappa shape index (κ2) is 8.20. The molecule has 1 aliphatic rings. The van der Waals surface area contributed by atoms with Gasteiger partial charge in [0.25, 0.3) is 0 Å². The van der Waals surface area contributed by atoms with Gasteiger partial charge in [0.1, 0.15) is 17.2 Å². The molecule has 0 spiro atoms. The molecule has 0 aliphatic carbocycles. The van der Waals surface area contributed by atoms with Crippen molar-refractivity contribution in [2.75, 3.05) is 24.2 Å². The molecule has 1 aromatic carbocycles. The summed E-state index contributed by atoms with van der Waals surface area (Å²) in [4.78, 5) is 17.8. The Morgan fingerprint density at radius 1 is 1.13 bits per heavy atom. The maximum atomic E-state index is 13.1. The Morgan fingerprint density at radius 2 is 1.83 bits per heavy atom. The van der Waals surface area contributed by atoms with E-state index < -0.39 is 10.0 Å². The fourth-order valence-electron chi connectivity index (χ4n) is 3.87. The molecule has 7 nitrogen and oxygen atoms in total. The van der Waals surface area contributed by atoms with Crippen LogP contribution in [-0.4, -0.2) is 46.9 Å². The summed E-state index contributed by atoms with van der Waals surface area (Å²) in [5.74, 6) is 0.413. The number of fused-ring (bicyclic) bond motifs is 1. The minimum absolute atomic E-state index is 0.0888. The predicted molar refractivity (Wildman–Crippen MR) is 118 cm³/mol. The first-order chi connectivity index (χ1) is 14.4. The molecule has 8 heteroatoms. The average Bonchev–Trinajstić information content (AvgIpc) is 3.12. The number of aryl methyl sites for hydroxylation is 1. The maximum absolute atomic E-state index is 13.1. The zero-order valence-corrected chi connectivity index (χ0v) is 18.0. The van der Waals surface area contributed by atoms with E-state index in [2.05, 4.69) is 5.32 Å². The lowest BCUT2D eigenvalue weighted by atomic mass is 9.97. The fraction of sp³-hybridized carbons (Fsp3) is 0.364. The van der Waals surface area contributed by atoms with Gasteiger partial charge in [-0.25, -0.2) is 17.7 Å². The van der Waals surface area contributed by atoms with Gasteiger partial charge < -0.3 is 5.32 Å². The molecule has 1 aliphatic heterocycles. The average molecular weight is 427 g/mol. The van der Waals surface area contributed by atoms with Gasteiger partial charge in [0, 0.05) is 30.8 Å². The van der Waals surface area contributed by atoms with Gasteiger partial charge in [-0.3, -0.25) is 9.20 Å². The largest absolute Gasteiger partial charge is 0.310 e. The van der Waals surface area contributed by atoms with E-state index in [1.165, 1.54) is 4.31 Å². The molecule has 1 fully saturated rings. The minimum Gasteiger partial charge on any atom is -0.310 e. The predicted octanol–water partition coefficient (Wildman–Crippen LogP) is 3.31. The van der Waals surface area contributed by atoms with E-state index in [1.807, 2.05) is 60.0 Å². The first-order valence-electron chi connectivity index (χ1n) is 10.2. The number of sulfonamides is 1. The normalized spacial score (nSPS) is 16.1. The molecule has 1 amide bonds. The number of aromatic nitrogens is 2. The first kappa shape index (κ1) is 20.6. The number of nitrogens with one attached hydrogen (secondary N) is 1. The Morgan fingerprint density at radius 3 is 2.50 bits per heavy atom. The molecule has 4 rings (SSSR count). The van der Waals surface area contributed by atoms with E-state index in [-0.39, 0.29) is 17.6 Å². The quantitative estimate of drug-likeness (QED) is 0.678. The number of imidazole rings is 1. The summed E-state index contributed by atoms with van der Waals surface area (Å²) in [6, 6.07) is 13.7. The summed E-state index contributed by atoms with van der Waals surface area (Å²) in [6.45, 7) is 4.40. The lowest BCUT2D eigenvalue weighted by molar-refractivity contribution is -0.120. The number of hydrogen-bond donors (Lipinski definition) is 1. The summed E-state index contributed by atoms with van der Waals surface area (Å²) >= 11 is 0. The molecule has 2 aromatic heterocycles. The summed E-state index contributed by atoms with van der Waals surface area (Å²) in [6.07, 6.45) is 2.99. The highest BCUT2D eigenvalue weighted by Crippen LogP contribution is 2.30. The second-order valence-corrected chi connectivity index (χ2v) is 9.93. The lowest BCUT2D eigenvalue weighted by Crippen LogP contribution is -2.42. The highest BCUT2D eigenvalue weighted by Gasteiger charge is 2.31. The molecule has 1 saturated heterocycles. The Bertz CT molecular complexity index is 1160. The van der Waals surface area contributed by atoms with Crippen LogP contribution in [0.4, 0.5) is 5.82 Å². The van der Waals surface area contributed by atoms with Crippen molar-refractivity contribution in [3.05, 3.63) is 54.2 Å². The standard InChI is InChI=1S/C22H26N4O3S/c1-3-30(28,29)25-13-11-18(12-14-25)22(27)24-21-20(17-7-5-4-6-8-17)23-19-10-9-16(2)15-26(19)21/h4-10,15,18H,3,11-14H2,1-2H3,(H,24,27). The van der Waals surface area contributed by atoms with Crippen LogP contribution in [0.2, 0.25) is 0 Å². The van der Waals surface area contributed by atoms with E-state index in [0.29, 0.717) is 31.7 Å². The summed E-state index contributed by atoms with van der Waals surface area (Å²) < 4.78 is 27.6. The summed E-state index contributed by atoms with van der Waals surface area (Å²) in [5.41, 5.74) is 3.48. The highest BCUT2D eigenvalue weighted by molar-refractivity contribution is 7.89. The summed E-state index contributed by atoms with van der Waals surface area (Å²) in [5, 5.41) is 3.09. The van der Waals surface area contributed by atoms with Gasteiger partial charge in [-0.2, -0.15) is 0 Å². The molecule has 0 unspecified atom stereocenters. The van der Waals surface area contributed by atoms with Crippen molar-refractivity contribution in [2.45, 2.75) is 26.7 Å². The van der Waals surface area contributed by atoms with Crippen molar-refractivity contribution < 1.29 is 13.2 Å². The van der Waals surface area contributed by atoms with Crippen LogP contribution < -0.4 is 5.32 Å². The van der Waals surface area contributed by atoms with Crippen LogP contribution in [0.5, 0.6) is 0 Å². The van der Waals surface area contributed by atoms with Gasteiger partial charge in [0.05, 0.1) is 5.75 Å². The molecule has 0 radical (unpaired) electrons. The molecule has 30 heavy (non-hydrogen) atoms. The topological polar surface area (TPSA) is 83.8 Å². The maximum Gasteiger partial charge on any atom is 0.228 e. The number of carbonyl (C=O) groups is 1. The van der Waals surface area contributed by atoms with Gasteiger partial charge in [0.2, 0.25) is 15.9 Å². The second-order valence-electron chi connectivity index (χ2n) is 7.67. The van der Waals surface area contributed by atoms with E-state index in [1.54, 1.807) is 6.92 Å². The first-order valence-corrected chi connectivity index (χ1v) is 11.8. The molecule has 1 N–H and O–H groups in total. The number of benzene rings is 1. The zero-order valence-electron chi connectivity index (χ0n) is 17.2. The number of pyridine rings is 1. The van der Waals surface area contributed by atoms with E-state index in [9.17, 15) is 13.2 Å². The lowest BCUT2D eigenvalue weighted by Gasteiger charge is -2.30. The van der Waals surface area contributed by atoms with Crippen LogP contribution in [0.1, 0.15) is 25.3 Å². The van der Waals surface area contributed by atoms with Crippen molar-refractivity contribution in [3.8, 4) is 11.3 Å². The molecular formula is C22H26N4O3S. The fourth-order valence-corrected chi connectivity index (χ4v) is 5.00. The summed E-state index contributed by atoms with van der Waals surface area (Å²) in [7, 11) is -3.21. The van der Waals surface area contributed by atoms with Crippen LogP contribution in [0, 0.1) is 12.8 Å². The van der Waals surface area contributed by atoms with Gasteiger partial charge in [-0.15, -0.1) is 0 Å². The Labute approximate surface area is 176 Å². The van der Waals surface area contributed by atoms with Crippen molar-refractivity contribution in [1.29, 1.82) is 0 Å². The molecule has 0 bridgehead atoms. The molecule has 3 aromatic rings. The van der Waals surface area contributed by atoms with E-state index in [4.69, 9.17) is 4.98 Å². The minimum atomic E-state index is -3.21. The number of nitrogens with zero attached hydrogens (tertiary/aromatic N) is 3.